The van der Waals surface area contributed by atoms with Gasteiger partial charge in [0.2, 0.25) is 5.91 Å². The minimum absolute atomic E-state index is 0.0686. The van der Waals surface area contributed by atoms with Crippen LogP contribution in [-0.2, 0) is 16.1 Å². The molecule has 5 heteroatoms. The van der Waals surface area contributed by atoms with Crippen molar-refractivity contribution in [3.63, 3.8) is 0 Å². The number of hydrogen-bond donors (Lipinski definition) is 2. The molecule has 1 saturated heterocycles. The molecule has 1 aromatic rings. The number of hydrogen-bond acceptors (Lipinski definition) is 3. The molecular weight excluding hydrogens is 271 g/mol. The summed E-state index contributed by atoms with van der Waals surface area (Å²) < 4.78 is 18.6. The monoisotopic (exact) mass is 292 g/mol. The fraction of sp³-hybridized carbons (Fsp3) is 0.562. The van der Waals surface area contributed by atoms with Crippen LogP contribution in [0.4, 0.5) is 4.39 Å². The number of rotatable bonds is 3. The summed E-state index contributed by atoms with van der Waals surface area (Å²) in [5, 5.41) is 2.89. The van der Waals surface area contributed by atoms with Crippen LogP contribution in [0.3, 0.4) is 0 Å². The van der Waals surface area contributed by atoms with Crippen LogP contribution in [0, 0.1) is 17.2 Å². The number of ether oxygens (including phenoxy) is 1. The van der Waals surface area contributed by atoms with Crippen LogP contribution >= 0.6 is 0 Å². The van der Waals surface area contributed by atoms with E-state index >= 15 is 0 Å². The highest BCUT2D eigenvalue weighted by Gasteiger charge is 2.71. The highest BCUT2D eigenvalue weighted by molar-refractivity contribution is 5.89. The third-order valence-corrected chi connectivity index (χ3v) is 5.20. The van der Waals surface area contributed by atoms with Crippen LogP contribution in [0.1, 0.15) is 25.8 Å². The van der Waals surface area contributed by atoms with Gasteiger partial charge >= 0.3 is 0 Å². The highest BCUT2D eigenvalue weighted by atomic mass is 19.1. The number of fused-ring (bicyclic) bond motifs is 1. The number of amides is 1. The van der Waals surface area contributed by atoms with Gasteiger partial charge < -0.3 is 15.8 Å². The van der Waals surface area contributed by atoms with Crippen molar-refractivity contribution in [2.45, 2.75) is 38.5 Å². The molecule has 0 spiro atoms. The standard InChI is InChI=1S/C16H21FN2O2/c1-15(2)13-12(7-8-21-13)16(15,18)14(20)19-9-10-3-5-11(17)6-4-10/h3-6,12-13H,7-9,18H2,1-2H3,(H,19,20). The van der Waals surface area contributed by atoms with Gasteiger partial charge in [-0.05, 0) is 24.1 Å². The maximum Gasteiger partial charge on any atom is 0.241 e. The Balaban J connectivity index is 1.69. The summed E-state index contributed by atoms with van der Waals surface area (Å²) in [5.41, 5.74) is 6.03. The van der Waals surface area contributed by atoms with E-state index in [2.05, 4.69) is 5.32 Å². The molecule has 3 atom stereocenters. The zero-order valence-corrected chi connectivity index (χ0v) is 12.4. The van der Waals surface area contributed by atoms with E-state index in [9.17, 15) is 9.18 Å². The molecule has 0 radical (unpaired) electrons. The smallest absolute Gasteiger partial charge is 0.241 e. The van der Waals surface area contributed by atoms with Gasteiger partial charge in [0.1, 0.15) is 11.4 Å². The molecule has 21 heavy (non-hydrogen) atoms. The Bertz CT molecular complexity index is 558. The lowest BCUT2D eigenvalue weighted by atomic mass is 9.48. The fourth-order valence-corrected chi connectivity index (χ4v) is 3.78. The lowest BCUT2D eigenvalue weighted by Crippen LogP contribution is -2.80. The Morgan fingerprint density at radius 3 is 2.76 bits per heavy atom. The summed E-state index contributed by atoms with van der Waals surface area (Å²) in [6.07, 6.45) is 0.897. The number of carbonyl (C=O) groups is 1. The summed E-state index contributed by atoms with van der Waals surface area (Å²) >= 11 is 0. The van der Waals surface area contributed by atoms with Crippen LogP contribution in [0.25, 0.3) is 0 Å². The van der Waals surface area contributed by atoms with Gasteiger partial charge in [-0.3, -0.25) is 4.79 Å². The molecule has 1 aromatic carbocycles. The van der Waals surface area contributed by atoms with Crippen LogP contribution in [-0.4, -0.2) is 24.2 Å². The van der Waals surface area contributed by atoms with Gasteiger partial charge in [-0.2, -0.15) is 0 Å². The number of carbonyl (C=O) groups excluding carboxylic acids is 1. The Morgan fingerprint density at radius 1 is 1.43 bits per heavy atom. The molecule has 114 valence electrons. The number of nitrogens with two attached hydrogens (primary N) is 1. The van der Waals surface area contributed by atoms with Crippen molar-refractivity contribution in [3.05, 3.63) is 35.6 Å². The van der Waals surface area contributed by atoms with E-state index in [1.165, 1.54) is 12.1 Å². The predicted octanol–water partition coefficient (Wildman–Crippen LogP) is 1.58. The summed E-state index contributed by atoms with van der Waals surface area (Å²) in [6.45, 7) is 4.99. The van der Waals surface area contributed by atoms with Crippen molar-refractivity contribution in [1.82, 2.24) is 5.32 Å². The second kappa shape index (κ2) is 4.78. The first-order valence-electron chi connectivity index (χ1n) is 7.30. The SMILES string of the molecule is CC1(C)C2OCCC2C1(N)C(=O)NCc1ccc(F)cc1. The van der Waals surface area contributed by atoms with E-state index in [1.807, 2.05) is 13.8 Å². The molecule has 1 saturated carbocycles. The Hall–Kier alpha value is -1.46. The second-order valence-corrected chi connectivity index (χ2v) is 6.59. The van der Waals surface area contributed by atoms with Crippen molar-refractivity contribution in [3.8, 4) is 0 Å². The maximum atomic E-state index is 12.9. The van der Waals surface area contributed by atoms with E-state index in [0.717, 1.165) is 12.0 Å². The molecule has 3 N–H and O–H groups in total. The van der Waals surface area contributed by atoms with Gasteiger partial charge in [-0.15, -0.1) is 0 Å². The average Bonchev–Trinajstić information content (AvgIpc) is 2.93. The van der Waals surface area contributed by atoms with Crippen LogP contribution in [0.2, 0.25) is 0 Å². The van der Waals surface area contributed by atoms with Crippen molar-refractivity contribution < 1.29 is 13.9 Å². The zero-order chi connectivity index (χ0) is 15.3. The molecule has 2 aliphatic rings. The van der Waals surface area contributed by atoms with Crippen LogP contribution < -0.4 is 11.1 Å². The minimum Gasteiger partial charge on any atom is -0.377 e. The molecule has 2 fully saturated rings. The van der Waals surface area contributed by atoms with Crippen LogP contribution in [0.15, 0.2) is 24.3 Å². The zero-order valence-electron chi connectivity index (χ0n) is 12.4. The van der Waals surface area contributed by atoms with Crippen molar-refractivity contribution in [1.29, 1.82) is 0 Å². The number of benzene rings is 1. The van der Waals surface area contributed by atoms with E-state index in [0.29, 0.717) is 13.2 Å². The Morgan fingerprint density at radius 2 is 2.10 bits per heavy atom. The van der Waals surface area contributed by atoms with Gasteiger partial charge in [0.05, 0.1) is 6.10 Å². The number of halogens is 1. The fourth-order valence-electron chi connectivity index (χ4n) is 3.78. The van der Waals surface area contributed by atoms with E-state index in [-0.39, 0.29) is 29.2 Å². The van der Waals surface area contributed by atoms with Crippen LogP contribution in [0.5, 0.6) is 0 Å². The summed E-state index contributed by atoms with van der Waals surface area (Å²) in [5.74, 6) is -0.351. The van der Waals surface area contributed by atoms with E-state index in [4.69, 9.17) is 10.5 Å². The molecule has 1 heterocycles. The molecule has 4 nitrogen and oxygen atoms in total. The molecular formula is C16H21FN2O2. The number of nitrogens with one attached hydrogen (secondary N) is 1. The van der Waals surface area contributed by atoms with Gasteiger partial charge in [-0.1, -0.05) is 26.0 Å². The molecule has 1 aliphatic heterocycles. The first-order valence-corrected chi connectivity index (χ1v) is 7.30. The molecule has 3 rings (SSSR count). The van der Waals surface area contributed by atoms with Gasteiger partial charge in [-0.25, -0.2) is 4.39 Å². The second-order valence-electron chi connectivity index (χ2n) is 6.59. The molecule has 0 aromatic heterocycles. The lowest BCUT2D eigenvalue weighted by molar-refractivity contribution is -0.175. The molecule has 1 aliphatic carbocycles. The normalized spacial score (nSPS) is 33.1. The average molecular weight is 292 g/mol. The first-order chi connectivity index (χ1) is 9.87. The third kappa shape index (κ3) is 1.99. The highest BCUT2D eigenvalue weighted by Crippen LogP contribution is 2.58. The Labute approximate surface area is 123 Å². The topological polar surface area (TPSA) is 64.3 Å². The van der Waals surface area contributed by atoms with Crippen molar-refractivity contribution in [2.24, 2.45) is 17.1 Å². The maximum absolute atomic E-state index is 12.9. The largest absolute Gasteiger partial charge is 0.377 e. The van der Waals surface area contributed by atoms with Gasteiger partial charge in [0.25, 0.3) is 0 Å². The van der Waals surface area contributed by atoms with Crippen molar-refractivity contribution in [2.75, 3.05) is 6.61 Å². The van der Waals surface area contributed by atoms with Gasteiger partial charge in [0.15, 0.2) is 0 Å². The quantitative estimate of drug-likeness (QED) is 0.889. The third-order valence-electron chi connectivity index (χ3n) is 5.20. The molecule has 0 bridgehead atoms. The summed E-state index contributed by atoms with van der Waals surface area (Å²) in [4.78, 5) is 12.6. The minimum atomic E-state index is -0.895. The van der Waals surface area contributed by atoms with Gasteiger partial charge in [0, 0.05) is 24.5 Å². The van der Waals surface area contributed by atoms with E-state index < -0.39 is 5.54 Å². The summed E-state index contributed by atoms with van der Waals surface area (Å²) in [6, 6.07) is 6.08. The van der Waals surface area contributed by atoms with E-state index in [1.54, 1.807) is 12.1 Å². The lowest BCUT2D eigenvalue weighted by Gasteiger charge is -2.60. The first kappa shape index (κ1) is 14.5. The molecule has 3 unspecified atom stereocenters. The molecule has 1 amide bonds. The van der Waals surface area contributed by atoms with Crippen molar-refractivity contribution >= 4 is 5.91 Å². The predicted molar refractivity (Wildman–Crippen MR) is 76.8 cm³/mol. The Kier molecular flexibility index (Phi) is 3.30. The summed E-state index contributed by atoms with van der Waals surface area (Å²) in [7, 11) is 0.